The average Bonchev–Trinajstić information content (AvgIpc) is 1.45. The number of thiophene rings is 1. The van der Waals surface area contributed by atoms with Gasteiger partial charge in [0.2, 0.25) is 22.6 Å². The molecule has 534 valence electrons. The SMILES string of the molecule is C/C(=C/c1sc2c3n4c(c2c1C(F)(F)F)N=C1c2c(c(OC(C)C(F)(F)F)c5ccccc5c2OC(C(F)(F)F)C(F)(F)F)C2=[N+]1C41n4c(c5c(OC(C)C)c6ccccc6c(OC(C)C(F)(F)F)c5c4=N2)=NC2=[N+]1C(=N3)c1c2c(OC(C)C)c2ccccc2c1OC(C)C(F)(F)F)C(F)(F)F. The van der Waals surface area contributed by atoms with Gasteiger partial charge in [-0.05, 0) is 61.5 Å². The Hall–Kier alpha value is -9.77. The van der Waals surface area contributed by atoms with Crippen LogP contribution in [0.4, 0.5) is 104 Å². The number of ether oxygens (including phenoxy) is 6. The summed E-state index contributed by atoms with van der Waals surface area (Å²) in [5, 5.41) is -4.61. The fourth-order valence-electron chi connectivity index (χ4n) is 13.5. The normalized spacial score (nSPS) is 18.1. The summed E-state index contributed by atoms with van der Waals surface area (Å²) in [6.07, 6.45) is -55.6. The topological polar surface area (TPSA) is 121 Å². The van der Waals surface area contributed by atoms with E-state index >= 15 is 79.0 Å². The Labute approximate surface area is 560 Å². The van der Waals surface area contributed by atoms with Crippen LogP contribution in [0.1, 0.15) is 88.1 Å². The van der Waals surface area contributed by atoms with E-state index in [4.69, 9.17) is 43.4 Å². The number of rotatable bonds is 13. The Morgan fingerprint density at radius 1 is 0.431 bits per heavy atom. The third-order valence-corrected chi connectivity index (χ3v) is 18.8. The minimum Gasteiger partial charge on any atom is -0.489 e. The van der Waals surface area contributed by atoms with Crippen molar-refractivity contribution < 1.29 is 130 Å². The van der Waals surface area contributed by atoms with Gasteiger partial charge in [-0.15, -0.1) is 20.5 Å². The molecule has 14 nitrogen and oxygen atoms in total. The molecule has 0 saturated carbocycles. The Morgan fingerprint density at radius 2 is 0.784 bits per heavy atom. The monoisotopic (exact) mass is 1470 g/mol. The molecule has 0 bridgehead atoms. The first-order valence-corrected chi connectivity index (χ1v) is 31.3. The van der Waals surface area contributed by atoms with Crippen LogP contribution in [-0.4, -0.2) is 115 Å². The van der Waals surface area contributed by atoms with Crippen molar-refractivity contribution in [3.8, 4) is 34.5 Å². The highest BCUT2D eigenvalue weighted by atomic mass is 32.1. The lowest BCUT2D eigenvalue weighted by atomic mass is 9.97. The Morgan fingerprint density at radius 3 is 1.17 bits per heavy atom. The fourth-order valence-corrected chi connectivity index (χ4v) is 14.8. The lowest BCUT2D eigenvalue weighted by Gasteiger charge is -2.40. The van der Waals surface area contributed by atoms with Gasteiger partial charge in [0.25, 0.3) is 29.4 Å². The zero-order valence-electron chi connectivity index (χ0n) is 52.8. The molecule has 6 aromatic carbocycles. The van der Waals surface area contributed by atoms with E-state index < -0.39 is 225 Å². The molecule has 0 amide bonds. The molecular weight excluding hydrogens is 1430 g/mol. The van der Waals surface area contributed by atoms with Crippen molar-refractivity contribution in [2.75, 3.05) is 0 Å². The number of alkyl halides is 21. The highest BCUT2D eigenvalue weighted by Crippen LogP contribution is 2.62. The molecule has 3 aromatic heterocycles. The number of allylic oxidation sites excluding steroid dienone is 1. The van der Waals surface area contributed by atoms with Gasteiger partial charge in [0.15, 0.2) is 18.3 Å². The van der Waals surface area contributed by atoms with E-state index in [0.717, 1.165) is 42.6 Å². The lowest BCUT2D eigenvalue weighted by Crippen LogP contribution is -2.71. The standard InChI is InChI=1S/C66H43F21N8O6S/c1-22(2)96-43-28-15-9-11-17-30(28)45(98-25(6)60(70,71)72)37-35(43)50-88-51-36-38(46(99-26(7)61(73,74)75)31-18-12-10-16-29(31)44(36)97-23(3)4)55-91-57-49-41(42(63(79,80)81)34(102-49)21-24(5)59(67,68)69)56-90-54-40-39(53-89-52(37)92(50)66(93(53)54,94(51)55)95(56)57)47(100-27(8)62(76,77)78)32-19-13-14-20-33(32)48(40)101-58(64(82,83)84)65(85,86)87/h9-23,25-27,58H,1-8H3/q+2/b24-21-. The molecule has 36 heteroatoms. The van der Waals surface area contributed by atoms with Crippen molar-refractivity contribution >= 4 is 106 Å². The molecule has 0 aliphatic carbocycles. The van der Waals surface area contributed by atoms with Crippen molar-refractivity contribution in [3.05, 3.63) is 122 Å². The van der Waals surface area contributed by atoms with E-state index in [0.29, 0.717) is 27.7 Å². The summed E-state index contributed by atoms with van der Waals surface area (Å²) >= 11 is -0.0329. The van der Waals surface area contributed by atoms with Crippen LogP contribution in [0.5, 0.6) is 34.5 Å². The maximum atomic E-state index is 16.7. The Balaban J connectivity index is 1.28. The molecule has 0 saturated heterocycles. The van der Waals surface area contributed by atoms with Crippen LogP contribution in [0.25, 0.3) is 59.3 Å². The van der Waals surface area contributed by atoms with E-state index in [1.54, 1.807) is 0 Å². The van der Waals surface area contributed by atoms with Gasteiger partial charge in [0, 0.05) is 42.8 Å². The van der Waals surface area contributed by atoms with E-state index in [9.17, 15) is 13.2 Å². The molecule has 9 heterocycles. The van der Waals surface area contributed by atoms with Crippen LogP contribution in [0, 0.1) is 0 Å². The van der Waals surface area contributed by atoms with E-state index in [1.165, 1.54) is 76.2 Å². The third kappa shape index (κ3) is 9.62. The molecule has 4 unspecified atom stereocenters. The first-order valence-electron chi connectivity index (χ1n) is 30.5. The number of amidine groups is 4. The van der Waals surface area contributed by atoms with Crippen molar-refractivity contribution in [1.82, 2.24) is 9.13 Å². The summed E-state index contributed by atoms with van der Waals surface area (Å²) in [5.74, 6) is -13.8. The molecule has 15 rings (SSSR count). The number of fused-ring (bicyclic) bond motifs is 15. The van der Waals surface area contributed by atoms with Crippen molar-refractivity contribution in [2.45, 2.75) is 141 Å². The Kier molecular flexibility index (Phi) is 14.4. The van der Waals surface area contributed by atoms with Gasteiger partial charge in [-0.3, -0.25) is 0 Å². The number of hydrogen-bond acceptors (Lipinski definition) is 11. The molecule has 102 heavy (non-hydrogen) atoms. The van der Waals surface area contributed by atoms with Gasteiger partial charge in [0.05, 0.1) is 33.9 Å². The van der Waals surface area contributed by atoms with Crippen molar-refractivity contribution in [3.63, 3.8) is 0 Å². The second kappa shape index (κ2) is 21.6. The predicted octanol–water partition coefficient (Wildman–Crippen LogP) is 17.6. The number of halogens is 21. The maximum Gasteiger partial charge on any atom is 0.434 e. The lowest BCUT2D eigenvalue weighted by molar-refractivity contribution is -0.790. The minimum absolute atomic E-state index is 0.0329. The van der Waals surface area contributed by atoms with Crippen LogP contribution < -0.4 is 39.4 Å². The van der Waals surface area contributed by atoms with E-state index in [1.807, 2.05) is 0 Å². The zero-order valence-corrected chi connectivity index (χ0v) is 53.7. The molecule has 4 atom stereocenters. The summed E-state index contributed by atoms with van der Waals surface area (Å²) in [4.78, 5) is 18.6. The van der Waals surface area contributed by atoms with Gasteiger partial charge in [-0.1, -0.05) is 92.8 Å². The Bertz CT molecular complexity index is 5530. The molecule has 6 aliphatic rings. The van der Waals surface area contributed by atoms with Crippen LogP contribution in [-0.2, 0) is 12.1 Å². The molecule has 0 N–H and O–H groups in total. The van der Waals surface area contributed by atoms with Gasteiger partial charge in [0.1, 0.15) is 61.5 Å². The zero-order chi connectivity index (χ0) is 73.6. The molecule has 0 radical (unpaired) electrons. The molecule has 0 fully saturated rings. The fraction of sp³-hybridized carbons (Fsp3) is 0.333. The van der Waals surface area contributed by atoms with Gasteiger partial charge >= 0.3 is 49.1 Å². The van der Waals surface area contributed by atoms with Gasteiger partial charge in [-0.2, -0.15) is 101 Å². The highest BCUT2D eigenvalue weighted by molar-refractivity contribution is 7.21. The molecular formula is C66H43F21N8O6S+2. The molecule has 1 spiro atoms. The van der Waals surface area contributed by atoms with Gasteiger partial charge < -0.3 is 28.4 Å². The second-order valence-corrected chi connectivity index (χ2v) is 26.1. The van der Waals surface area contributed by atoms with Crippen LogP contribution >= 0.6 is 11.3 Å². The summed E-state index contributed by atoms with van der Waals surface area (Å²) in [5.41, 5.74) is -8.47. The summed E-state index contributed by atoms with van der Waals surface area (Å²) in [7, 11) is 0. The first-order chi connectivity index (χ1) is 47.4. The number of aromatic nitrogens is 2. The number of hydrogen-bond donors (Lipinski definition) is 0. The quantitative estimate of drug-likeness (QED) is 0.0837. The summed E-state index contributed by atoms with van der Waals surface area (Å²) in [6, 6.07) is 14.5. The number of nitrogens with zero attached hydrogens (tertiary/aromatic N) is 8. The van der Waals surface area contributed by atoms with E-state index in [-0.39, 0.29) is 50.5 Å². The van der Waals surface area contributed by atoms with Crippen LogP contribution in [0.3, 0.4) is 0 Å². The minimum atomic E-state index is -6.48. The van der Waals surface area contributed by atoms with Crippen molar-refractivity contribution in [2.24, 2.45) is 20.0 Å². The first kappa shape index (κ1) is 68.0. The van der Waals surface area contributed by atoms with Crippen LogP contribution in [0.2, 0.25) is 0 Å². The number of benzene rings is 6. The molecule has 9 aromatic rings. The molecule has 6 aliphatic heterocycles. The maximum absolute atomic E-state index is 16.7. The van der Waals surface area contributed by atoms with Gasteiger partial charge in [-0.25, -0.2) is 0 Å². The predicted molar refractivity (Wildman–Crippen MR) is 325 cm³/mol. The summed E-state index contributed by atoms with van der Waals surface area (Å²) in [6.45, 7) is 8.02. The van der Waals surface area contributed by atoms with Crippen molar-refractivity contribution in [1.29, 1.82) is 0 Å². The van der Waals surface area contributed by atoms with E-state index in [2.05, 4.69) is 4.99 Å². The number of aliphatic imine (C=N–C) groups is 2. The summed E-state index contributed by atoms with van der Waals surface area (Å²) < 4.78 is 364. The third-order valence-electron chi connectivity index (χ3n) is 17.7. The average molecular weight is 1480 g/mol. The second-order valence-electron chi connectivity index (χ2n) is 25.0. The largest absolute Gasteiger partial charge is 0.489 e. The van der Waals surface area contributed by atoms with Crippen LogP contribution in [0.15, 0.2) is 98.3 Å². The highest BCUT2D eigenvalue weighted by Gasteiger charge is 2.73. The smallest absolute Gasteiger partial charge is 0.434 e.